The first-order valence-electron chi connectivity index (χ1n) is 7.76. The van der Waals surface area contributed by atoms with E-state index >= 15 is 0 Å². The van der Waals surface area contributed by atoms with Gasteiger partial charge in [0.25, 0.3) is 0 Å². The number of benzene rings is 1. The summed E-state index contributed by atoms with van der Waals surface area (Å²) < 4.78 is 2.00. The topological polar surface area (TPSA) is 21.1 Å². The van der Waals surface area contributed by atoms with Crippen molar-refractivity contribution in [1.82, 2.24) is 14.7 Å². The number of likely N-dealkylation sites (N-methyl/N-ethyl adjacent to an activating group) is 1. The number of hydrogen-bond donors (Lipinski definition) is 0. The Kier molecular flexibility index (Phi) is 6.70. The highest BCUT2D eigenvalue weighted by molar-refractivity contribution is 5.85. The van der Waals surface area contributed by atoms with Crippen molar-refractivity contribution in [3.63, 3.8) is 0 Å². The highest BCUT2D eigenvalue weighted by atomic mass is 35.5. The Balaban J connectivity index is 0.00000132. The van der Waals surface area contributed by atoms with Crippen LogP contribution in [0.5, 0.6) is 0 Å². The minimum atomic E-state index is 0. The molecule has 1 aromatic heterocycles. The first-order valence-corrected chi connectivity index (χ1v) is 7.76. The highest BCUT2D eigenvalue weighted by Gasteiger charge is 2.24. The summed E-state index contributed by atoms with van der Waals surface area (Å²) in [5, 5.41) is 4.59. The van der Waals surface area contributed by atoms with Gasteiger partial charge in [0.15, 0.2) is 0 Å². The average molecular weight is 356 g/mol. The smallest absolute Gasteiger partial charge is 0.0674 e. The van der Waals surface area contributed by atoms with E-state index in [9.17, 15) is 0 Å². The normalized spacial score (nSPS) is 16.5. The number of hydrogen-bond acceptors (Lipinski definition) is 2. The van der Waals surface area contributed by atoms with Gasteiger partial charge in [-0.15, -0.1) is 24.8 Å². The number of aromatic nitrogens is 2. The van der Waals surface area contributed by atoms with Crippen molar-refractivity contribution in [2.45, 2.75) is 39.2 Å². The molecule has 23 heavy (non-hydrogen) atoms. The fourth-order valence-electron chi connectivity index (χ4n) is 3.63. The maximum absolute atomic E-state index is 4.59. The quantitative estimate of drug-likeness (QED) is 0.812. The molecule has 1 unspecified atom stereocenters. The molecule has 1 atom stereocenters. The summed E-state index contributed by atoms with van der Waals surface area (Å²) >= 11 is 0. The fraction of sp³-hybridized carbons (Fsp3) is 0.500. The molecule has 0 bridgehead atoms. The van der Waals surface area contributed by atoms with E-state index in [1.54, 1.807) is 0 Å². The van der Waals surface area contributed by atoms with Crippen LogP contribution in [0, 0.1) is 13.8 Å². The van der Waals surface area contributed by atoms with Crippen LogP contribution in [0.3, 0.4) is 0 Å². The Hall–Kier alpha value is -1.03. The lowest BCUT2D eigenvalue weighted by molar-refractivity contribution is 0.268. The summed E-state index contributed by atoms with van der Waals surface area (Å²) in [4.78, 5) is 2.36. The van der Waals surface area contributed by atoms with Crippen LogP contribution in [-0.2, 0) is 19.9 Å². The minimum Gasteiger partial charge on any atom is -0.306 e. The Bertz CT molecular complexity index is 677. The van der Waals surface area contributed by atoms with E-state index in [-0.39, 0.29) is 24.8 Å². The number of aryl methyl sites for hydroxylation is 2. The summed E-state index contributed by atoms with van der Waals surface area (Å²) in [6.45, 7) is 4.29. The van der Waals surface area contributed by atoms with Gasteiger partial charge in [0, 0.05) is 24.3 Å². The third-order valence-corrected chi connectivity index (χ3v) is 4.96. The van der Waals surface area contributed by atoms with Gasteiger partial charge in [-0.1, -0.05) is 18.2 Å². The second-order valence-electron chi connectivity index (χ2n) is 6.47. The molecule has 3 rings (SSSR count). The van der Waals surface area contributed by atoms with E-state index in [1.165, 1.54) is 40.8 Å². The van der Waals surface area contributed by atoms with Gasteiger partial charge in [-0.3, -0.25) is 4.68 Å². The van der Waals surface area contributed by atoms with E-state index in [2.05, 4.69) is 56.1 Å². The predicted octanol–water partition coefficient (Wildman–Crippen LogP) is 3.97. The summed E-state index contributed by atoms with van der Waals surface area (Å²) in [6.07, 6.45) is 3.58. The van der Waals surface area contributed by atoms with Crippen molar-refractivity contribution in [1.29, 1.82) is 0 Å². The molecule has 0 aliphatic heterocycles. The molecular formula is C18H27Cl2N3. The van der Waals surface area contributed by atoms with E-state index in [0.717, 1.165) is 12.1 Å². The van der Waals surface area contributed by atoms with Gasteiger partial charge in [-0.2, -0.15) is 5.10 Å². The van der Waals surface area contributed by atoms with Crippen molar-refractivity contribution in [2.75, 3.05) is 14.1 Å². The van der Waals surface area contributed by atoms with E-state index in [1.807, 2.05) is 11.7 Å². The third-order valence-electron chi connectivity index (χ3n) is 4.96. The molecule has 0 N–H and O–H groups in total. The van der Waals surface area contributed by atoms with Crippen molar-refractivity contribution in [2.24, 2.45) is 7.05 Å². The number of fused-ring (bicyclic) bond motifs is 1. The van der Waals surface area contributed by atoms with Gasteiger partial charge in [0.1, 0.15) is 0 Å². The number of rotatable bonds is 2. The van der Waals surface area contributed by atoms with E-state index < -0.39 is 0 Å². The Morgan fingerprint density at radius 3 is 2.43 bits per heavy atom. The van der Waals surface area contributed by atoms with Crippen molar-refractivity contribution < 1.29 is 0 Å². The SMILES string of the molecule is Cc1nn(C)c(C)c1-c1cccc2c1CCC(N(C)C)C2.Cl.Cl. The molecule has 2 aromatic rings. The Labute approximate surface area is 151 Å². The van der Waals surface area contributed by atoms with Crippen LogP contribution in [0.15, 0.2) is 18.2 Å². The summed E-state index contributed by atoms with van der Waals surface area (Å²) in [5.74, 6) is 0. The lowest BCUT2D eigenvalue weighted by atomic mass is 9.83. The molecule has 0 fully saturated rings. The van der Waals surface area contributed by atoms with E-state index in [4.69, 9.17) is 0 Å². The molecule has 0 radical (unpaired) electrons. The Morgan fingerprint density at radius 1 is 1.17 bits per heavy atom. The Morgan fingerprint density at radius 2 is 1.87 bits per heavy atom. The van der Waals surface area contributed by atoms with Crippen LogP contribution in [0.25, 0.3) is 11.1 Å². The fourth-order valence-corrected chi connectivity index (χ4v) is 3.63. The summed E-state index contributed by atoms with van der Waals surface area (Å²) in [6, 6.07) is 7.45. The molecule has 5 heteroatoms. The van der Waals surface area contributed by atoms with Gasteiger partial charge in [0.05, 0.1) is 5.69 Å². The molecule has 3 nitrogen and oxygen atoms in total. The molecule has 0 saturated carbocycles. The zero-order chi connectivity index (χ0) is 15.1. The van der Waals surface area contributed by atoms with Crippen molar-refractivity contribution in [3.8, 4) is 11.1 Å². The predicted molar refractivity (Wildman–Crippen MR) is 102 cm³/mol. The number of halogens is 2. The molecule has 128 valence electrons. The standard InChI is InChI=1S/C18H25N3.2ClH/c1-12-18(13(2)21(5)19-12)17-8-6-7-14-11-15(20(3)4)9-10-16(14)17;;/h6-8,15H,9-11H2,1-5H3;2*1H. The second kappa shape index (κ2) is 7.69. The number of nitrogens with zero attached hydrogens (tertiary/aromatic N) is 3. The first-order chi connectivity index (χ1) is 9.99. The molecule has 0 amide bonds. The van der Waals surface area contributed by atoms with Gasteiger partial charge in [-0.05, 0) is 63.9 Å². The van der Waals surface area contributed by atoms with E-state index in [0.29, 0.717) is 6.04 Å². The maximum atomic E-state index is 4.59. The van der Waals surface area contributed by atoms with Crippen molar-refractivity contribution in [3.05, 3.63) is 40.7 Å². The first kappa shape index (κ1) is 20.0. The molecule has 1 aliphatic carbocycles. The average Bonchev–Trinajstić information content (AvgIpc) is 2.71. The van der Waals surface area contributed by atoms with Gasteiger partial charge >= 0.3 is 0 Å². The monoisotopic (exact) mass is 355 g/mol. The third kappa shape index (κ3) is 3.57. The summed E-state index contributed by atoms with van der Waals surface area (Å²) in [5.41, 5.74) is 8.18. The summed E-state index contributed by atoms with van der Waals surface area (Å²) in [7, 11) is 6.41. The zero-order valence-electron chi connectivity index (χ0n) is 14.6. The molecular weight excluding hydrogens is 329 g/mol. The second-order valence-corrected chi connectivity index (χ2v) is 6.47. The highest BCUT2D eigenvalue weighted by Crippen LogP contribution is 2.35. The van der Waals surface area contributed by atoms with Crippen molar-refractivity contribution >= 4 is 24.8 Å². The van der Waals surface area contributed by atoms with Crippen LogP contribution in [0.1, 0.15) is 28.9 Å². The van der Waals surface area contributed by atoms with Crippen LogP contribution in [0.4, 0.5) is 0 Å². The van der Waals surface area contributed by atoms with Crippen LogP contribution in [0.2, 0.25) is 0 Å². The molecule has 1 aromatic carbocycles. The largest absolute Gasteiger partial charge is 0.306 e. The van der Waals surface area contributed by atoms with Crippen LogP contribution >= 0.6 is 24.8 Å². The lowest BCUT2D eigenvalue weighted by Crippen LogP contribution is -2.33. The van der Waals surface area contributed by atoms with Gasteiger partial charge in [-0.25, -0.2) is 0 Å². The maximum Gasteiger partial charge on any atom is 0.0674 e. The van der Waals surface area contributed by atoms with Gasteiger partial charge < -0.3 is 4.90 Å². The zero-order valence-corrected chi connectivity index (χ0v) is 16.2. The minimum absolute atomic E-state index is 0. The molecule has 1 heterocycles. The lowest BCUT2D eigenvalue weighted by Gasteiger charge is -2.31. The molecule has 1 aliphatic rings. The molecule has 0 saturated heterocycles. The van der Waals surface area contributed by atoms with Gasteiger partial charge in [0.2, 0.25) is 0 Å². The molecule has 0 spiro atoms. The van der Waals surface area contributed by atoms with Crippen LogP contribution < -0.4 is 0 Å². The van der Waals surface area contributed by atoms with Crippen LogP contribution in [-0.4, -0.2) is 34.8 Å².